The highest BCUT2D eigenvalue weighted by atomic mass is 16.5. The van der Waals surface area contributed by atoms with Gasteiger partial charge < -0.3 is 4.52 Å². The van der Waals surface area contributed by atoms with Gasteiger partial charge in [-0.2, -0.15) is 0 Å². The zero-order chi connectivity index (χ0) is 9.52. The molecule has 0 atom stereocenters. The lowest BCUT2D eigenvalue weighted by atomic mass is 10.1. The molecule has 0 N–H and O–H groups in total. The van der Waals surface area contributed by atoms with Crippen LogP contribution in [0.4, 0.5) is 0 Å². The predicted octanol–water partition coefficient (Wildman–Crippen LogP) is 3.17. The van der Waals surface area contributed by atoms with Crippen molar-refractivity contribution < 1.29 is 4.52 Å². The number of unbranched alkanes of at least 4 members (excludes halogenated alkanes) is 2. The van der Waals surface area contributed by atoms with Gasteiger partial charge in [0.2, 0.25) is 0 Å². The quantitative estimate of drug-likeness (QED) is 0.672. The fourth-order valence-corrected chi connectivity index (χ4v) is 1.35. The highest BCUT2D eigenvalue weighted by Gasteiger charge is 2.06. The fraction of sp³-hybridized carbons (Fsp3) is 0.636. The van der Waals surface area contributed by atoms with Crippen molar-refractivity contribution in [2.24, 2.45) is 0 Å². The first-order valence-corrected chi connectivity index (χ1v) is 5.10. The van der Waals surface area contributed by atoms with Gasteiger partial charge in [-0.3, -0.25) is 0 Å². The summed E-state index contributed by atoms with van der Waals surface area (Å²) < 4.78 is 5.19. The zero-order valence-electron chi connectivity index (χ0n) is 8.38. The van der Waals surface area contributed by atoms with Crippen molar-refractivity contribution in [3.63, 3.8) is 0 Å². The molecular formula is C11H18NO. The van der Waals surface area contributed by atoms with Crippen LogP contribution in [0.1, 0.15) is 43.9 Å². The van der Waals surface area contributed by atoms with E-state index in [1.54, 1.807) is 0 Å². The number of aryl methyl sites for hydroxylation is 2. The predicted molar refractivity (Wildman–Crippen MR) is 53.4 cm³/mol. The molecule has 13 heavy (non-hydrogen) atoms. The number of hydrogen-bond donors (Lipinski definition) is 0. The van der Waals surface area contributed by atoms with E-state index in [0.29, 0.717) is 0 Å². The minimum absolute atomic E-state index is 0.966. The van der Waals surface area contributed by atoms with Crippen LogP contribution in [0.5, 0.6) is 0 Å². The second-order valence-electron chi connectivity index (χ2n) is 3.33. The molecule has 0 bridgehead atoms. The van der Waals surface area contributed by atoms with Crippen LogP contribution in [-0.4, -0.2) is 5.16 Å². The average molecular weight is 180 g/mol. The van der Waals surface area contributed by atoms with E-state index in [1.807, 2.05) is 6.20 Å². The molecule has 0 unspecified atom stereocenters. The van der Waals surface area contributed by atoms with Crippen LogP contribution >= 0.6 is 0 Å². The highest BCUT2D eigenvalue weighted by Crippen LogP contribution is 2.13. The van der Waals surface area contributed by atoms with Gasteiger partial charge in [0.15, 0.2) is 0 Å². The van der Waals surface area contributed by atoms with Crippen LogP contribution < -0.4 is 0 Å². The Morgan fingerprint density at radius 3 is 2.92 bits per heavy atom. The monoisotopic (exact) mass is 180 g/mol. The van der Waals surface area contributed by atoms with E-state index in [9.17, 15) is 0 Å². The summed E-state index contributed by atoms with van der Waals surface area (Å²) in [6.45, 7) is 6.01. The lowest BCUT2D eigenvalue weighted by Gasteiger charge is -1.98. The van der Waals surface area contributed by atoms with Gasteiger partial charge in [0, 0.05) is 12.0 Å². The summed E-state index contributed by atoms with van der Waals surface area (Å²) in [6, 6.07) is 0. The summed E-state index contributed by atoms with van der Waals surface area (Å²) in [7, 11) is 0. The Morgan fingerprint density at radius 2 is 2.23 bits per heavy atom. The Morgan fingerprint density at radius 1 is 1.38 bits per heavy atom. The molecule has 73 valence electrons. The normalized spacial score (nSPS) is 10.6. The van der Waals surface area contributed by atoms with Gasteiger partial charge in [0.1, 0.15) is 5.76 Å². The molecule has 1 radical (unpaired) electrons. The first-order valence-electron chi connectivity index (χ1n) is 5.10. The summed E-state index contributed by atoms with van der Waals surface area (Å²) in [5.74, 6) is 1.07. The van der Waals surface area contributed by atoms with Crippen LogP contribution in [-0.2, 0) is 12.8 Å². The van der Waals surface area contributed by atoms with E-state index in [0.717, 1.165) is 31.4 Å². The number of hydrogen-bond acceptors (Lipinski definition) is 2. The fourth-order valence-electron chi connectivity index (χ4n) is 1.35. The summed E-state index contributed by atoms with van der Waals surface area (Å²) in [5.41, 5.74) is 1.29. The summed E-state index contributed by atoms with van der Waals surface area (Å²) in [4.78, 5) is 0. The van der Waals surface area contributed by atoms with Crippen LogP contribution in [0.25, 0.3) is 0 Å². The van der Waals surface area contributed by atoms with Gasteiger partial charge in [0.05, 0.1) is 6.20 Å². The number of rotatable bonds is 6. The van der Waals surface area contributed by atoms with Gasteiger partial charge in [0.25, 0.3) is 0 Å². The molecule has 1 aromatic rings. The van der Waals surface area contributed by atoms with Crippen molar-refractivity contribution in [3.8, 4) is 0 Å². The molecule has 0 aliphatic carbocycles. The Kier molecular flexibility index (Phi) is 4.58. The van der Waals surface area contributed by atoms with Crippen LogP contribution in [0, 0.1) is 6.92 Å². The third-order valence-electron chi connectivity index (χ3n) is 2.18. The zero-order valence-corrected chi connectivity index (χ0v) is 8.38. The average Bonchev–Trinajstić information content (AvgIpc) is 2.59. The van der Waals surface area contributed by atoms with Crippen LogP contribution in [0.15, 0.2) is 10.7 Å². The second kappa shape index (κ2) is 5.79. The van der Waals surface area contributed by atoms with Gasteiger partial charge in [-0.1, -0.05) is 31.8 Å². The van der Waals surface area contributed by atoms with Crippen LogP contribution in [0.2, 0.25) is 0 Å². The van der Waals surface area contributed by atoms with E-state index >= 15 is 0 Å². The molecule has 0 amide bonds. The lowest BCUT2D eigenvalue weighted by molar-refractivity contribution is 0.379. The summed E-state index contributed by atoms with van der Waals surface area (Å²) in [5, 5.41) is 3.83. The lowest BCUT2D eigenvalue weighted by Crippen LogP contribution is -1.89. The first kappa shape index (κ1) is 10.3. The second-order valence-corrected chi connectivity index (χ2v) is 3.33. The molecule has 0 saturated carbocycles. The van der Waals surface area contributed by atoms with Crippen molar-refractivity contribution in [2.45, 2.75) is 45.4 Å². The van der Waals surface area contributed by atoms with E-state index in [4.69, 9.17) is 4.52 Å². The van der Waals surface area contributed by atoms with Crippen molar-refractivity contribution in [1.82, 2.24) is 5.16 Å². The molecule has 0 fully saturated rings. The third-order valence-corrected chi connectivity index (χ3v) is 2.18. The topological polar surface area (TPSA) is 26.0 Å². The molecule has 0 saturated heterocycles. The van der Waals surface area contributed by atoms with E-state index in [-0.39, 0.29) is 0 Å². The number of aromatic nitrogens is 1. The van der Waals surface area contributed by atoms with Crippen molar-refractivity contribution in [1.29, 1.82) is 0 Å². The Labute approximate surface area is 80.3 Å². The smallest absolute Gasteiger partial charge is 0.139 e. The largest absolute Gasteiger partial charge is 0.361 e. The Balaban J connectivity index is 2.45. The maximum atomic E-state index is 5.19. The molecule has 1 rings (SSSR count). The minimum Gasteiger partial charge on any atom is -0.361 e. The molecule has 0 spiro atoms. The maximum Gasteiger partial charge on any atom is 0.139 e. The minimum atomic E-state index is 0.966. The molecule has 2 heteroatoms. The van der Waals surface area contributed by atoms with Crippen molar-refractivity contribution in [2.75, 3.05) is 0 Å². The maximum absolute atomic E-state index is 5.19. The van der Waals surface area contributed by atoms with Crippen molar-refractivity contribution >= 4 is 0 Å². The molecule has 0 aromatic carbocycles. The SMILES string of the molecule is [CH2]CCCc1oncc1CCCC. The van der Waals surface area contributed by atoms with Crippen molar-refractivity contribution in [3.05, 3.63) is 24.4 Å². The Bertz CT molecular complexity index is 207. The van der Waals surface area contributed by atoms with E-state index in [2.05, 4.69) is 19.0 Å². The molecule has 2 nitrogen and oxygen atoms in total. The van der Waals surface area contributed by atoms with E-state index in [1.165, 1.54) is 18.4 Å². The molecule has 0 aliphatic heterocycles. The van der Waals surface area contributed by atoms with E-state index < -0.39 is 0 Å². The highest BCUT2D eigenvalue weighted by molar-refractivity contribution is 5.13. The van der Waals surface area contributed by atoms with Gasteiger partial charge in [-0.25, -0.2) is 0 Å². The number of nitrogens with zero attached hydrogens (tertiary/aromatic N) is 1. The molecular weight excluding hydrogens is 162 g/mol. The van der Waals surface area contributed by atoms with Gasteiger partial charge in [-0.15, -0.1) is 0 Å². The third kappa shape index (κ3) is 3.21. The van der Waals surface area contributed by atoms with Gasteiger partial charge >= 0.3 is 0 Å². The molecule has 1 aromatic heterocycles. The molecule has 0 aliphatic rings. The van der Waals surface area contributed by atoms with Gasteiger partial charge in [-0.05, 0) is 19.3 Å². The first-order chi connectivity index (χ1) is 6.38. The Hall–Kier alpha value is -0.790. The van der Waals surface area contributed by atoms with Crippen LogP contribution in [0.3, 0.4) is 0 Å². The summed E-state index contributed by atoms with van der Waals surface area (Å²) >= 11 is 0. The molecule has 1 heterocycles. The standard InChI is InChI=1S/C11H18NO/c1-3-5-7-10-9-12-13-11(10)8-6-4-2/h9H,2-8H2,1H3. The summed E-state index contributed by atoms with van der Waals surface area (Å²) in [6.07, 6.45) is 8.45.